The van der Waals surface area contributed by atoms with Crippen LogP contribution in [0.25, 0.3) is 11.0 Å². The summed E-state index contributed by atoms with van der Waals surface area (Å²) in [4.78, 5) is 31.7. The average molecular weight is 305 g/mol. The van der Waals surface area contributed by atoms with Crippen LogP contribution in [0.2, 0.25) is 0 Å². The third-order valence-corrected chi connectivity index (χ3v) is 3.08. The Balaban J connectivity index is 2.24. The fourth-order valence-electron chi connectivity index (χ4n) is 2.19. The highest BCUT2D eigenvalue weighted by molar-refractivity contribution is 5.78. The first-order valence-electron chi connectivity index (χ1n) is 7.26. The largest absolute Gasteiger partial charge is 0.466 e. The van der Waals surface area contributed by atoms with Crippen LogP contribution in [-0.4, -0.2) is 39.7 Å². The summed E-state index contributed by atoms with van der Waals surface area (Å²) in [6.45, 7) is 4.59. The Labute approximate surface area is 128 Å². The SMILES string of the molecule is CCOC(=O)CCn1c(CC(=O)OCC)nc2cnccc21. The Morgan fingerprint density at radius 1 is 1.18 bits per heavy atom. The predicted molar refractivity (Wildman–Crippen MR) is 79.1 cm³/mol. The van der Waals surface area contributed by atoms with Crippen molar-refractivity contribution in [1.29, 1.82) is 0 Å². The topological polar surface area (TPSA) is 83.3 Å². The maximum Gasteiger partial charge on any atom is 0.313 e. The lowest BCUT2D eigenvalue weighted by Crippen LogP contribution is -2.15. The van der Waals surface area contributed by atoms with Gasteiger partial charge in [-0.25, -0.2) is 4.98 Å². The van der Waals surface area contributed by atoms with Gasteiger partial charge < -0.3 is 14.0 Å². The van der Waals surface area contributed by atoms with Gasteiger partial charge in [0.15, 0.2) is 0 Å². The van der Waals surface area contributed by atoms with Crippen LogP contribution in [0.4, 0.5) is 0 Å². The molecule has 118 valence electrons. The van der Waals surface area contributed by atoms with Crippen molar-refractivity contribution in [2.75, 3.05) is 13.2 Å². The number of rotatable bonds is 7. The van der Waals surface area contributed by atoms with Crippen LogP contribution in [0.5, 0.6) is 0 Å². The quantitative estimate of drug-likeness (QED) is 0.721. The molecule has 0 fully saturated rings. The van der Waals surface area contributed by atoms with Gasteiger partial charge in [0.05, 0.1) is 31.3 Å². The summed E-state index contributed by atoms with van der Waals surface area (Å²) in [5, 5.41) is 0. The number of hydrogen-bond donors (Lipinski definition) is 0. The second-order valence-electron chi connectivity index (χ2n) is 4.58. The van der Waals surface area contributed by atoms with E-state index in [1.807, 2.05) is 10.6 Å². The number of carbonyl (C=O) groups excluding carboxylic acids is 2. The van der Waals surface area contributed by atoms with Gasteiger partial charge >= 0.3 is 11.9 Å². The van der Waals surface area contributed by atoms with E-state index in [-0.39, 0.29) is 24.8 Å². The summed E-state index contributed by atoms with van der Waals surface area (Å²) >= 11 is 0. The minimum Gasteiger partial charge on any atom is -0.466 e. The van der Waals surface area contributed by atoms with Gasteiger partial charge in [0.25, 0.3) is 0 Å². The third kappa shape index (κ3) is 3.81. The van der Waals surface area contributed by atoms with E-state index in [0.29, 0.717) is 31.1 Å². The zero-order chi connectivity index (χ0) is 15.9. The number of fused-ring (bicyclic) bond motifs is 1. The standard InChI is InChI=1S/C15H19N3O4/c1-3-21-14(19)6-8-18-12-5-7-16-10-11(12)17-13(18)9-15(20)22-4-2/h5,7,10H,3-4,6,8-9H2,1-2H3. The molecule has 7 nitrogen and oxygen atoms in total. The van der Waals surface area contributed by atoms with E-state index >= 15 is 0 Å². The van der Waals surface area contributed by atoms with Gasteiger partial charge in [-0.2, -0.15) is 0 Å². The highest BCUT2D eigenvalue weighted by Crippen LogP contribution is 2.16. The number of carbonyl (C=O) groups is 2. The van der Waals surface area contributed by atoms with Crippen LogP contribution < -0.4 is 0 Å². The first kappa shape index (κ1) is 15.9. The number of nitrogens with zero attached hydrogens (tertiary/aromatic N) is 3. The first-order chi connectivity index (χ1) is 10.7. The third-order valence-electron chi connectivity index (χ3n) is 3.08. The van der Waals surface area contributed by atoms with Crippen LogP contribution >= 0.6 is 0 Å². The summed E-state index contributed by atoms with van der Waals surface area (Å²) in [5.74, 6) is -0.0608. The smallest absolute Gasteiger partial charge is 0.313 e. The average Bonchev–Trinajstić information content (AvgIpc) is 2.83. The van der Waals surface area contributed by atoms with Gasteiger partial charge in [-0.3, -0.25) is 14.6 Å². The van der Waals surface area contributed by atoms with E-state index in [9.17, 15) is 9.59 Å². The summed E-state index contributed by atoms with van der Waals surface area (Å²) < 4.78 is 11.7. The minimum absolute atomic E-state index is 0.0609. The van der Waals surface area contributed by atoms with Crippen molar-refractivity contribution in [2.24, 2.45) is 0 Å². The number of aromatic nitrogens is 3. The van der Waals surface area contributed by atoms with Crippen LogP contribution in [0.15, 0.2) is 18.5 Å². The predicted octanol–water partition coefficient (Wildman–Crippen LogP) is 1.49. The molecule has 0 atom stereocenters. The van der Waals surface area contributed by atoms with Crippen molar-refractivity contribution in [3.05, 3.63) is 24.3 Å². The van der Waals surface area contributed by atoms with Crippen LogP contribution in [-0.2, 0) is 32.0 Å². The monoisotopic (exact) mass is 305 g/mol. The number of hydrogen-bond acceptors (Lipinski definition) is 6. The van der Waals surface area contributed by atoms with Crippen molar-refractivity contribution in [2.45, 2.75) is 33.2 Å². The van der Waals surface area contributed by atoms with E-state index < -0.39 is 0 Å². The van der Waals surface area contributed by atoms with Crippen LogP contribution in [0, 0.1) is 0 Å². The molecule has 0 aliphatic carbocycles. The molecule has 0 aliphatic rings. The van der Waals surface area contributed by atoms with E-state index in [2.05, 4.69) is 9.97 Å². The fourth-order valence-corrected chi connectivity index (χ4v) is 2.19. The molecule has 22 heavy (non-hydrogen) atoms. The van der Waals surface area contributed by atoms with Crippen LogP contribution in [0.3, 0.4) is 0 Å². The van der Waals surface area contributed by atoms with E-state index in [1.54, 1.807) is 26.2 Å². The maximum absolute atomic E-state index is 11.7. The Morgan fingerprint density at radius 2 is 1.91 bits per heavy atom. The molecule has 0 aliphatic heterocycles. The number of esters is 2. The van der Waals surface area contributed by atoms with Crippen molar-refractivity contribution in [3.63, 3.8) is 0 Å². The molecule has 0 amide bonds. The molecule has 0 bridgehead atoms. The van der Waals surface area contributed by atoms with E-state index in [4.69, 9.17) is 9.47 Å². The highest BCUT2D eigenvalue weighted by atomic mass is 16.5. The number of imidazole rings is 1. The molecule has 0 saturated heterocycles. The molecule has 0 unspecified atom stereocenters. The summed E-state index contributed by atoms with van der Waals surface area (Å²) in [5.41, 5.74) is 1.52. The molecular formula is C15H19N3O4. The molecule has 2 rings (SSSR count). The van der Waals surface area contributed by atoms with Crippen molar-refractivity contribution in [3.8, 4) is 0 Å². The highest BCUT2D eigenvalue weighted by Gasteiger charge is 2.16. The normalized spacial score (nSPS) is 10.6. The van der Waals surface area contributed by atoms with E-state index in [1.165, 1.54) is 0 Å². The van der Waals surface area contributed by atoms with E-state index in [0.717, 1.165) is 5.52 Å². The zero-order valence-electron chi connectivity index (χ0n) is 12.7. The Hall–Kier alpha value is -2.44. The Bertz CT molecular complexity index is 666. The molecule has 2 heterocycles. The van der Waals surface area contributed by atoms with Gasteiger partial charge in [0, 0.05) is 12.7 Å². The number of pyridine rings is 1. The van der Waals surface area contributed by atoms with Gasteiger partial charge in [-0.1, -0.05) is 0 Å². The second kappa shape index (κ2) is 7.53. The molecule has 0 aromatic carbocycles. The van der Waals surface area contributed by atoms with Gasteiger partial charge in [0.1, 0.15) is 17.8 Å². The Morgan fingerprint density at radius 3 is 2.64 bits per heavy atom. The molecule has 2 aromatic rings. The minimum atomic E-state index is -0.344. The summed E-state index contributed by atoms with van der Waals surface area (Å²) in [6.07, 6.45) is 3.56. The number of ether oxygens (including phenoxy) is 2. The van der Waals surface area contributed by atoms with Crippen LogP contribution in [0.1, 0.15) is 26.1 Å². The molecule has 7 heteroatoms. The van der Waals surface area contributed by atoms with Crippen molar-refractivity contribution in [1.82, 2.24) is 14.5 Å². The second-order valence-corrected chi connectivity index (χ2v) is 4.58. The molecule has 0 saturated carbocycles. The molecule has 0 radical (unpaired) electrons. The molecule has 0 spiro atoms. The van der Waals surface area contributed by atoms with Gasteiger partial charge in [-0.15, -0.1) is 0 Å². The first-order valence-corrected chi connectivity index (χ1v) is 7.26. The summed E-state index contributed by atoms with van der Waals surface area (Å²) in [6, 6.07) is 1.81. The van der Waals surface area contributed by atoms with Crippen molar-refractivity contribution < 1.29 is 19.1 Å². The van der Waals surface area contributed by atoms with Gasteiger partial charge in [0.2, 0.25) is 0 Å². The fraction of sp³-hybridized carbons (Fsp3) is 0.467. The number of aryl methyl sites for hydroxylation is 1. The summed E-state index contributed by atoms with van der Waals surface area (Å²) in [7, 11) is 0. The lowest BCUT2D eigenvalue weighted by atomic mass is 10.3. The molecule has 0 N–H and O–H groups in total. The lowest BCUT2D eigenvalue weighted by Gasteiger charge is -2.08. The zero-order valence-corrected chi connectivity index (χ0v) is 12.7. The molecule has 2 aromatic heterocycles. The lowest BCUT2D eigenvalue weighted by molar-refractivity contribution is -0.143. The van der Waals surface area contributed by atoms with Gasteiger partial charge in [-0.05, 0) is 19.9 Å². The Kier molecular flexibility index (Phi) is 5.46. The van der Waals surface area contributed by atoms with Crippen molar-refractivity contribution >= 4 is 23.0 Å². The maximum atomic E-state index is 11.7. The molecular weight excluding hydrogens is 286 g/mol.